The Morgan fingerprint density at radius 1 is 0.971 bits per heavy atom. The van der Waals surface area contributed by atoms with E-state index in [4.69, 9.17) is 14.5 Å². The van der Waals surface area contributed by atoms with Crippen molar-refractivity contribution in [3.05, 3.63) is 94.9 Å². The quantitative estimate of drug-likeness (QED) is 0.359. The number of hydrogen-bond donors (Lipinski definition) is 1. The van der Waals surface area contributed by atoms with Gasteiger partial charge in [-0.15, -0.1) is 11.3 Å². The van der Waals surface area contributed by atoms with E-state index in [0.717, 1.165) is 38.7 Å². The van der Waals surface area contributed by atoms with Crippen LogP contribution in [0.3, 0.4) is 0 Å². The van der Waals surface area contributed by atoms with Crippen LogP contribution in [0.15, 0.2) is 78.2 Å². The molecule has 5 rings (SSSR count). The van der Waals surface area contributed by atoms with Crippen molar-refractivity contribution in [3.63, 3.8) is 0 Å². The number of thiazole rings is 1. The molecule has 0 spiro atoms. The van der Waals surface area contributed by atoms with Gasteiger partial charge < -0.3 is 14.8 Å². The number of fused-ring (bicyclic) bond motifs is 1. The molecule has 6 heteroatoms. The van der Waals surface area contributed by atoms with E-state index in [9.17, 15) is 4.79 Å². The summed E-state index contributed by atoms with van der Waals surface area (Å²) in [5.41, 5.74) is 6.33. The van der Waals surface area contributed by atoms with Gasteiger partial charge in [0.05, 0.1) is 5.69 Å². The predicted molar refractivity (Wildman–Crippen MR) is 136 cm³/mol. The molecule has 1 aliphatic rings. The number of aryl methyl sites for hydroxylation is 1. The van der Waals surface area contributed by atoms with E-state index in [1.807, 2.05) is 42.5 Å². The van der Waals surface area contributed by atoms with Crippen LogP contribution in [0, 0.1) is 6.92 Å². The van der Waals surface area contributed by atoms with Gasteiger partial charge in [0.15, 0.2) is 11.5 Å². The smallest absolute Gasteiger partial charge is 0.244 e. The Morgan fingerprint density at radius 3 is 2.50 bits per heavy atom. The van der Waals surface area contributed by atoms with Crippen LogP contribution in [0.4, 0.5) is 0 Å². The van der Waals surface area contributed by atoms with E-state index in [1.54, 1.807) is 17.4 Å². The molecule has 0 bridgehead atoms. The second-order valence-electron chi connectivity index (χ2n) is 8.06. The van der Waals surface area contributed by atoms with Crippen molar-refractivity contribution < 1.29 is 14.3 Å². The molecule has 0 fully saturated rings. The molecule has 1 aromatic heterocycles. The Labute approximate surface area is 202 Å². The number of ether oxygens (including phenoxy) is 2. The molecule has 0 radical (unpaired) electrons. The van der Waals surface area contributed by atoms with E-state index in [1.165, 1.54) is 11.6 Å². The van der Waals surface area contributed by atoms with E-state index in [0.29, 0.717) is 25.5 Å². The first-order valence-electron chi connectivity index (χ1n) is 11.1. The third kappa shape index (κ3) is 5.18. The Kier molecular flexibility index (Phi) is 6.40. The summed E-state index contributed by atoms with van der Waals surface area (Å²) in [6.07, 6.45) is 3.30. The minimum atomic E-state index is -0.151. The minimum absolute atomic E-state index is 0.151. The highest BCUT2D eigenvalue weighted by Crippen LogP contribution is 2.31. The summed E-state index contributed by atoms with van der Waals surface area (Å²) in [4.78, 5) is 17.1. The van der Waals surface area contributed by atoms with Crippen molar-refractivity contribution in [1.29, 1.82) is 0 Å². The first-order chi connectivity index (χ1) is 16.6. The fourth-order valence-corrected chi connectivity index (χ4v) is 4.45. The van der Waals surface area contributed by atoms with Crippen molar-refractivity contribution in [3.8, 4) is 33.3 Å². The highest BCUT2D eigenvalue weighted by molar-refractivity contribution is 7.13. The number of carbonyl (C=O) groups is 1. The van der Waals surface area contributed by atoms with Crippen LogP contribution in [0.5, 0.6) is 11.5 Å². The summed E-state index contributed by atoms with van der Waals surface area (Å²) in [5.74, 6) is 1.29. The number of aromatic nitrogens is 1. The molecule has 0 saturated carbocycles. The van der Waals surface area contributed by atoms with E-state index in [-0.39, 0.29) is 5.91 Å². The van der Waals surface area contributed by atoms with Crippen LogP contribution in [-0.4, -0.2) is 24.1 Å². The number of nitrogens with one attached hydrogen (secondary N) is 1. The molecule has 0 unspecified atom stereocenters. The Hall–Kier alpha value is -3.90. The summed E-state index contributed by atoms with van der Waals surface area (Å²) in [5, 5.41) is 5.99. The molecule has 0 aliphatic carbocycles. The van der Waals surface area contributed by atoms with E-state index in [2.05, 4.69) is 41.9 Å². The maximum atomic E-state index is 12.3. The van der Waals surface area contributed by atoms with Crippen LogP contribution in [-0.2, 0) is 11.3 Å². The van der Waals surface area contributed by atoms with Crippen LogP contribution < -0.4 is 14.8 Å². The maximum absolute atomic E-state index is 12.3. The monoisotopic (exact) mass is 468 g/mol. The molecule has 5 nitrogen and oxygen atoms in total. The second kappa shape index (κ2) is 9.93. The van der Waals surface area contributed by atoms with Gasteiger partial charge in [-0.05, 0) is 36.3 Å². The normalized spacial score (nSPS) is 12.6. The third-order valence-corrected chi connectivity index (χ3v) is 6.40. The lowest BCUT2D eigenvalue weighted by Crippen LogP contribution is -2.20. The molecule has 34 heavy (non-hydrogen) atoms. The maximum Gasteiger partial charge on any atom is 0.244 e. The van der Waals surface area contributed by atoms with Crippen LogP contribution >= 0.6 is 11.3 Å². The van der Waals surface area contributed by atoms with Gasteiger partial charge in [-0.3, -0.25) is 4.79 Å². The Balaban J connectivity index is 1.17. The van der Waals surface area contributed by atoms with Gasteiger partial charge in [0.1, 0.15) is 18.2 Å². The average Bonchev–Trinajstić information content (AvgIpc) is 3.37. The lowest BCUT2D eigenvalue weighted by molar-refractivity contribution is -0.116. The molecular formula is C28H24N2O3S. The van der Waals surface area contributed by atoms with Gasteiger partial charge in [0.25, 0.3) is 0 Å². The summed E-state index contributed by atoms with van der Waals surface area (Å²) >= 11 is 1.63. The largest absolute Gasteiger partial charge is 0.486 e. The second-order valence-corrected chi connectivity index (χ2v) is 8.91. The lowest BCUT2D eigenvalue weighted by atomic mass is 10.1. The highest BCUT2D eigenvalue weighted by Gasteiger charge is 2.11. The number of nitrogens with zero attached hydrogens (tertiary/aromatic N) is 1. The topological polar surface area (TPSA) is 60.5 Å². The zero-order valence-electron chi connectivity index (χ0n) is 18.8. The van der Waals surface area contributed by atoms with Crippen molar-refractivity contribution in [1.82, 2.24) is 10.3 Å². The Morgan fingerprint density at radius 2 is 1.71 bits per heavy atom. The van der Waals surface area contributed by atoms with Gasteiger partial charge in [0.2, 0.25) is 5.91 Å². The molecule has 1 aliphatic heterocycles. The fraction of sp³-hybridized carbons (Fsp3) is 0.143. The first-order valence-corrected chi connectivity index (χ1v) is 12.0. The first kappa shape index (κ1) is 21.9. The number of benzene rings is 3. The summed E-state index contributed by atoms with van der Waals surface area (Å²) in [6, 6.07) is 22.2. The van der Waals surface area contributed by atoms with Gasteiger partial charge in [-0.1, -0.05) is 60.2 Å². The Bertz CT molecular complexity index is 1320. The highest BCUT2D eigenvalue weighted by atomic mass is 32.1. The lowest BCUT2D eigenvalue weighted by Gasteiger charge is -2.18. The van der Waals surface area contributed by atoms with Gasteiger partial charge in [-0.2, -0.15) is 0 Å². The van der Waals surface area contributed by atoms with Crippen molar-refractivity contribution >= 4 is 23.3 Å². The van der Waals surface area contributed by atoms with Gasteiger partial charge >= 0.3 is 0 Å². The van der Waals surface area contributed by atoms with Crippen LogP contribution in [0.1, 0.15) is 16.7 Å². The van der Waals surface area contributed by atoms with E-state index >= 15 is 0 Å². The molecule has 1 N–H and O–H groups in total. The molecule has 1 amide bonds. The van der Waals surface area contributed by atoms with Crippen molar-refractivity contribution in [2.24, 2.45) is 0 Å². The molecule has 0 saturated heterocycles. The average molecular weight is 469 g/mol. The van der Waals surface area contributed by atoms with Crippen molar-refractivity contribution in [2.45, 2.75) is 13.5 Å². The van der Waals surface area contributed by atoms with Gasteiger partial charge in [-0.25, -0.2) is 4.98 Å². The van der Waals surface area contributed by atoms with Crippen molar-refractivity contribution in [2.75, 3.05) is 13.2 Å². The SMILES string of the molecule is Cc1ccc(-c2csc(-c3ccc(CNC(=O)/C=C\c4ccc5c(c4)OCCO5)cc3)n2)cc1. The third-order valence-electron chi connectivity index (χ3n) is 5.51. The number of hydrogen-bond acceptors (Lipinski definition) is 5. The fourth-order valence-electron chi connectivity index (χ4n) is 3.61. The summed E-state index contributed by atoms with van der Waals surface area (Å²) in [6.45, 7) is 3.63. The summed E-state index contributed by atoms with van der Waals surface area (Å²) < 4.78 is 11.1. The molecular weight excluding hydrogens is 444 g/mol. The zero-order chi connectivity index (χ0) is 23.3. The van der Waals surface area contributed by atoms with Gasteiger partial charge in [0, 0.05) is 29.1 Å². The summed E-state index contributed by atoms with van der Waals surface area (Å²) in [7, 11) is 0. The molecule has 4 aromatic rings. The molecule has 2 heterocycles. The minimum Gasteiger partial charge on any atom is -0.486 e. The van der Waals surface area contributed by atoms with Crippen LogP contribution in [0.25, 0.3) is 27.9 Å². The number of carbonyl (C=O) groups excluding carboxylic acids is 1. The predicted octanol–water partition coefficient (Wildman–Crippen LogP) is 5.89. The number of rotatable bonds is 6. The molecule has 170 valence electrons. The number of amides is 1. The standard InChI is InChI=1S/C28H24N2O3S/c1-19-2-8-22(9-3-19)24-18-34-28(30-24)23-10-4-21(5-11-23)17-29-27(31)13-7-20-6-12-25-26(16-20)33-15-14-32-25/h2-13,16,18H,14-15,17H2,1H3,(H,29,31)/b13-7-. The molecule has 0 atom stereocenters. The van der Waals surface area contributed by atoms with Crippen LogP contribution in [0.2, 0.25) is 0 Å². The van der Waals surface area contributed by atoms with E-state index < -0.39 is 0 Å². The molecule has 3 aromatic carbocycles. The zero-order valence-corrected chi connectivity index (χ0v) is 19.6.